The molecule has 3 rings (SSSR count). The van der Waals surface area contributed by atoms with Gasteiger partial charge in [-0.25, -0.2) is 4.98 Å². The zero-order valence-corrected chi connectivity index (χ0v) is 12.3. The Morgan fingerprint density at radius 2 is 2.14 bits per heavy atom. The second kappa shape index (κ2) is 5.48. The third-order valence-electron chi connectivity index (χ3n) is 3.70. The molecule has 0 saturated carbocycles. The maximum Gasteiger partial charge on any atom is 0.270 e. The lowest BCUT2D eigenvalue weighted by atomic mass is 10.2. The molecule has 3 aromatic rings. The van der Waals surface area contributed by atoms with Gasteiger partial charge in [-0.2, -0.15) is 0 Å². The molecule has 3 heterocycles. The van der Waals surface area contributed by atoms with Crippen molar-refractivity contribution in [1.82, 2.24) is 14.3 Å². The Hall–Kier alpha value is -2.89. The fourth-order valence-corrected chi connectivity index (χ4v) is 2.26. The maximum atomic E-state index is 12.6. The molecular formula is C16H15N3O3. The minimum Gasteiger partial charge on any atom is -0.467 e. The number of furan rings is 1. The van der Waals surface area contributed by atoms with Crippen molar-refractivity contribution < 1.29 is 9.21 Å². The summed E-state index contributed by atoms with van der Waals surface area (Å²) in [7, 11) is 1.63. The quantitative estimate of drug-likeness (QED) is 0.742. The van der Waals surface area contributed by atoms with Crippen molar-refractivity contribution in [2.75, 3.05) is 7.05 Å². The molecule has 0 aliphatic rings. The molecule has 0 fully saturated rings. The van der Waals surface area contributed by atoms with Gasteiger partial charge in [0.15, 0.2) is 0 Å². The fourth-order valence-electron chi connectivity index (χ4n) is 2.26. The van der Waals surface area contributed by atoms with Crippen LogP contribution in [0.3, 0.4) is 0 Å². The van der Waals surface area contributed by atoms with Crippen LogP contribution in [0.15, 0.2) is 58.2 Å². The van der Waals surface area contributed by atoms with E-state index < -0.39 is 0 Å². The molecule has 0 saturated heterocycles. The fraction of sp³-hybridized carbons (Fsp3) is 0.188. The lowest BCUT2D eigenvalue weighted by molar-refractivity contribution is 0.0724. The van der Waals surface area contributed by atoms with Crippen LogP contribution in [0.1, 0.15) is 29.1 Å². The van der Waals surface area contributed by atoms with Crippen LogP contribution in [0.5, 0.6) is 0 Å². The molecule has 1 unspecified atom stereocenters. The highest BCUT2D eigenvalue weighted by Crippen LogP contribution is 2.20. The average molecular weight is 297 g/mol. The molecule has 6 nitrogen and oxygen atoms in total. The molecule has 0 bridgehead atoms. The highest BCUT2D eigenvalue weighted by molar-refractivity contribution is 5.93. The summed E-state index contributed by atoms with van der Waals surface area (Å²) in [5, 5.41) is 0. The number of carbonyl (C=O) groups excluding carboxylic acids is 1. The van der Waals surface area contributed by atoms with Gasteiger partial charge in [0.2, 0.25) is 0 Å². The predicted octanol–water partition coefficient (Wildman–Crippen LogP) is 2.12. The third-order valence-corrected chi connectivity index (χ3v) is 3.70. The van der Waals surface area contributed by atoms with Crippen molar-refractivity contribution in [3.05, 3.63) is 70.7 Å². The first-order valence-corrected chi connectivity index (χ1v) is 6.86. The monoisotopic (exact) mass is 297 g/mol. The van der Waals surface area contributed by atoms with Crippen LogP contribution in [0, 0.1) is 0 Å². The summed E-state index contributed by atoms with van der Waals surface area (Å²) in [5.41, 5.74) is 0.157. The lowest BCUT2D eigenvalue weighted by Gasteiger charge is -2.23. The van der Waals surface area contributed by atoms with E-state index in [2.05, 4.69) is 4.98 Å². The molecule has 1 amide bonds. The van der Waals surface area contributed by atoms with E-state index in [1.807, 2.05) is 6.92 Å². The van der Waals surface area contributed by atoms with E-state index >= 15 is 0 Å². The predicted molar refractivity (Wildman–Crippen MR) is 80.7 cm³/mol. The Morgan fingerprint density at radius 1 is 1.32 bits per heavy atom. The number of amides is 1. The number of carbonyl (C=O) groups is 1. The molecule has 0 N–H and O–H groups in total. The summed E-state index contributed by atoms with van der Waals surface area (Å²) in [5.74, 6) is 0.268. The Morgan fingerprint density at radius 3 is 2.86 bits per heavy atom. The minimum absolute atomic E-state index is 0.0320. The highest BCUT2D eigenvalue weighted by atomic mass is 16.3. The van der Waals surface area contributed by atoms with Gasteiger partial charge in [-0.1, -0.05) is 6.07 Å². The van der Waals surface area contributed by atoms with E-state index in [0.717, 1.165) is 0 Å². The van der Waals surface area contributed by atoms with E-state index in [-0.39, 0.29) is 23.1 Å². The van der Waals surface area contributed by atoms with E-state index in [4.69, 9.17) is 4.42 Å². The van der Waals surface area contributed by atoms with E-state index in [1.54, 1.807) is 49.8 Å². The topological polar surface area (TPSA) is 67.8 Å². The molecule has 3 aromatic heterocycles. The van der Waals surface area contributed by atoms with Crippen LogP contribution in [0.25, 0.3) is 5.65 Å². The molecule has 0 aliphatic carbocycles. The summed E-state index contributed by atoms with van der Waals surface area (Å²) in [6, 6.07) is 8.49. The molecular weight excluding hydrogens is 282 g/mol. The van der Waals surface area contributed by atoms with Gasteiger partial charge in [0.1, 0.15) is 17.0 Å². The highest BCUT2D eigenvalue weighted by Gasteiger charge is 2.23. The van der Waals surface area contributed by atoms with Gasteiger partial charge in [-0.3, -0.25) is 14.0 Å². The maximum absolute atomic E-state index is 12.6. The first kappa shape index (κ1) is 14.1. The van der Waals surface area contributed by atoms with Gasteiger partial charge in [0, 0.05) is 19.4 Å². The van der Waals surface area contributed by atoms with Gasteiger partial charge in [-0.05, 0) is 31.2 Å². The Labute approximate surface area is 126 Å². The molecule has 0 radical (unpaired) electrons. The van der Waals surface area contributed by atoms with Crippen molar-refractivity contribution in [1.29, 1.82) is 0 Å². The number of hydrogen-bond acceptors (Lipinski definition) is 4. The van der Waals surface area contributed by atoms with Crippen molar-refractivity contribution in [2.24, 2.45) is 0 Å². The number of nitrogens with zero attached hydrogens (tertiary/aromatic N) is 3. The molecule has 6 heteroatoms. The van der Waals surface area contributed by atoms with Gasteiger partial charge in [-0.15, -0.1) is 0 Å². The van der Waals surface area contributed by atoms with Crippen LogP contribution in [0.2, 0.25) is 0 Å². The zero-order chi connectivity index (χ0) is 15.7. The number of fused-ring (bicyclic) bond motifs is 1. The summed E-state index contributed by atoms with van der Waals surface area (Å²) < 4.78 is 6.67. The van der Waals surface area contributed by atoms with E-state index in [9.17, 15) is 9.59 Å². The normalized spacial score (nSPS) is 12.3. The summed E-state index contributed by atoms with van der Waals surface area (Å²) in [6.45, 7) is 1.84. The smallest absolute Gasteiger partial charge is 0.270 e. The Balaban J connectivity index is 1.98. The molecule has 22 heavy (non-hydrogen) atoms. The largest absolute Gasteiger partial charge is 0.467 e. The summed E-state index contributed by atoms with van der Waals surface area (Å²) in [4.78, 5) is 30.6. The first-order chi connectivity index (χ1) is 10.6. The van der Waals surface area contributed by atoms with Crippen LogP contribution >= 0.6 is 0 Å². The standard InChI is InChI=1S/C16H15N3O3/c1-11(13-6-5-9-22-13)18(2)15(20)12-10-17-14-7-3-4-8-19(14)16(12)21/h3-11H,1-2H3. The number of hydrogen-bond donors (Lipinski definition) is 0. The number of aromatic nitrogens is 2. The van der Waals surface area contributed by atoms with Crippen LogP contribution < -0.4 is 5.56 Å². The van der Waals surface area contributed by atoms with Crippen molar-refractivity contribution >= 4 is 11.6 Å². The Kier molecular flexibility index (Phi) is 3.50. The minimum atomic E-state index is -0.389. The molecule has 0 aliphatic heterocycles. The third kappa shape index (κ3) is 2.28. The van der Waals surface area contributed by atoms with Crippen LogP contribution in [-0.4, -0.2) is 27.2 Å². The van der Waals surface area contributed by atoms with Crippen molar-refractivity contribution in [2.45, 2.75) is 13.0 Å². The molecule has 0 aromatic carbocycles. The van der Waals surface area contributed by atoms with E-state index in [1.165, 1.54) is 15.5 Å². The van der Waals surface area contributed by atoms with Crippen molar-refractivity contribution in [3.8, 4) is 0 Å². The van der Waals surface area contributed by atoms with Crippen LogP contribution in [-0.2, 0) is 0 Å². The Bertz CT molecular complexity index is 868. The van der Waals surface area contributed by atoms with Gasteiger partial charge >= 0.3 is 0 Å². The van der Waals surface area contributed by atoms with Crippen molar-refractivity contribution in [3.63, 3.8) is 0 Å². The molecule has 1 atom stereocenters. The SMILES string of the molecule is CC(c1ccco1)N(C)C(=O)c1cnc2ccccn2c1=O. The number of rotatable bonds is 3. The van der Waals surface area contributed by atoms with E-state index in [0.29, 0.717) is 11.4 Å². The van der Waals surface area contributed by atoms with Crippen LogP contribution in [0.4, 0.5) is 0 Å². The molecule has 0 spiro atoms. The van der Waals surface area contributed by atoms with Gasteiger partial charge in [0.05, 0.1) is 12.3 Å². The van der Waals surface area contributed by atoms with Gasteiger partial charge in [0.25, 0.3) is 11.5 Å². The average Bonchev–Trinajstić information content (AvgIpc) is 3.08. The lowest BCUT2D eigenvalue weighted by Crippen LogP contribution is -2.34. The number of pyridine rings is 1. The molecule has 112 valence electrons. The van der Waals surface area contributed by atoms with Gasteiger partial charge < -0.3 is 9.32 Å². The second-order valence-corrected chi connectivity index (χ2v) is 5.01. The summed E-state index contributed by atoms with van der Waals surface area (Å²) in [6.07, 6.45) is 4.47. The zero-order valence-electron chi connectivity index (χ0n) is 12.3. The second-order valence-electron chi connectivity index (χ2n) is 5.01. The summed E-state index contributed by atoms with van der Waals surface area (Å²) >= 11 is 0. The first-order valence-electron chi connectivity index (χ1n) is 6.86.